The molecule has 1 unspecified atom stereocenters. The third kappa shape index (κ3) is 3.02. The minimum atomic E-state index is -1.65. The topological polar surface area (TPSA) is 147 Å². The molecule has 0 bridgehead atoms. The first-order chi connectivity index (χ1) is 14.2. The van der Waals surface area contributed by atoms with Crippen LogP contribution in [0.2, 0.25) is 0 Å². The van der Waals surface area contributed by atoms with E-state index in [0.717, 1.165) is 22.0 Å². The van der Waals surface area contributed by atoms with Crippen LogP contribution in [0.1, 0.15) is 18.1 Å². The van der Waals surface area contributed by atoms with Gasteiger partial charge in [-0.05, 0) is 24.6 Å². The van der Waals surface area contributed by atoms with E-state index in [1.165, 1.54) is 6.92 Å². The summed E-state index contributed by atoms with van der Waals surface area (Å²) in [5.74, 6) is -1.72. The number of hydrogen-bond donors (Lipinski definition) is 5. The highest BCUT2D eigenvalue weighted by Crippen LogP contribution is 2.36. The molecule has 0 saturated carbocycles. The van der Waals surface area contributed by atoms with E-state index < -0.39 is 23.5 Å². The summed E-state index contributed by atoms with van der Waals surface area (Å²) in [5.41, 5.74) is 13.1. The van der Waals surface area contributed by atoms with Crippen LogP contribution in [0.3, 0.4) is 0 Å². The highest BCUT2D eigenvalue weighted by Gasteiger charge is 2.36. The zero-order valence-corrected chi connectivity index (χ0v) is 16.3. The summed E-state index contributed by atoms with van der Waals surface area (Å²) in [6.45, 7) is 1.46. The number of aromatic nitrogens is 2. The molecule has 0 radical (unpaired) electrons. The molecule has 2 heterocycles. The first kappa shape index (κ1) is 19.7. The van der Waals surface area contributed by atoms with Gasteiger partial charge in [0.05, 0.1) is 5.52 Å². The molecule has 7 N–H and O–H groups in total. The molecule has 8 heteroatoms. The van der Waals surface area contributed by atoms with E-state index in [1.807, 2.05) is 53.1 Å². The molecule has 2 atom stereocenters. The van der Waals surface area contributed by atoms with Crippen molar-refractivity contribution in [2.75, 3.05) is 0 Å². The number of fused-ring (bicyclic) bond motifs is 2. The molecule has 0 saturated heterocycles. The van der Waals surface area contributed by atoms with Crippen LogP contribution in [0.25, 0.3) is 27.6 Å². The Hall–Kier alpha value is -3.62. The fourth-order valence-electron chi connectivity index (χ4n) is 3.86. The number of aliphatic carboxylic acids is 2. The molecule has 4 rings (SSSR count). The molecular formula is C22H22N4O4. The average molecular weight is 406 g/mol. The number of H-pyrrole nitrogens is 1. The fraction of sp³-hybridized carbons (Fsp3) is 0.182. The number of hydrogen-bond acceptors (Lipinski definition) is 4. The van der Waals surface area contributed by atoms with Crippen molar-refractivity contribution in [2.24, 2.45) is 11.5 Å². The van der Waals surface area contributed by atoms with Gasteiger partial charge in [-0.2, -0.15) is 0 Å². The van der Waals surface area contributed by atoms with Crippen LogP contribution < -0.4 is 11.5 Å². The highest BCUT2D eigenvalue weighted by molar-refractivity contribution is 5.96. The molecule has 0 aliphatic carbocycles. The van der Waals surface area contributed by atoms with Crippen LogP contribution in [-0.4, -0.2) is 37.7 Å². The van der Waals surface area contributed by atoms with E-state index in [1.54, 1.807) is 6.20 Å². The molecule has 8 nitrogen and oxygen atoms in total. The number of rotatable bonds is 6. The number of para-hydroxylation sites is 2. The number of nitrogens with one attached hydrogen (secondary N) is 1. The summed E-state index contributed by atoms with van der Waals surface area (Å²) >= 11 is 0. The van der Waals surface area contributed by atoms with Crippen molar-refractivity contribution in [2.45, 2.75) is 24.9 Å². The van der Waals surface area contributed by atoms with Crippen LogP contribution in [0.5, 0.6) is 0 Å². The monoisotopic (exact) mass is 406 g/mol. The summed E-state index contributed by atoms with van der Waals surface area (Å²) < 4.78 is 1.82. The van der Waals surface area contributed by atoms with Crippen molar-refractivity contribution in [1.82, 2.24) is 9.55 Å². The molecule has 0 amide bonds. The molecule has 0 spiro atoms. The number of aromatic amines is 1. The average Bonchev–Trinajstić information content (AvgIpc) is 3.26. The van der Waals surface area contributed by atoms with Gasteiger partial charge in [0.2, 0.25) is 0 Å². The van der Waals surface area contributed by atoms with E-state index >= 15 is 0 Å². The molecule has 2 aromatic carbocycles. The lowest BCUT2D eigenvalue weighted by atomic mass is 9.92. The van der Waals surface area contributed by atoms with Crippen LogP contribution in [-0.2, 0) is 21.5 Å². The Balaban J connectivity index is 2.02. The first-order valence-corrected chi connectivity index (χ1v) is 9.43. The highest BCUT2D eigenvalue weighted by atomic mass is 16.4. The third-order valence-corrected chi connectivity index (χ3v) is 5.44. The summed E-state index contributed by atoms with van der Waals surface area (Å²) in [6.07, 6.45) is 1.93. The van der Waals surface area contributed by atoms with Crippen LogP contribution in [0.15, 0.2) is 54.7 Å². The Morgan fingerprint density at radius 3 is 2.40 bits per heavy atom. The van der Waals surface area contributed by atoms with E-state index in [0.29, 0.717) is 16.8 Å². The molecule has 30 heavy (non-hydrogen) atoms. The largest absolute Gasteiger partial charge is 0.480 e. The maximum Gasteiger partial charge on any atom is 0.328 e. The smallest absolute Gasteiger partial charge is 0.328 e. The molecule has 2 aromatic heterocycles. The SMILES string of the molecule is CC(N)(C(=O)O)c1c(-n2cc(C[C@H](N)C(=O)O)c3ccccc32)[nH]c2ccccc12. The van der Waals surface area contributed by atoms with E-state index in [-0.39, 0.29) is 6.42 Å². The molecule has 0 fully saturated rings. The van der Waals surface area contributed by atoms with Gasteiger partial charge in [0, 0.05) is 34.5 Å². The third-order valence-electron chi connectivity index (χ3n) is 5.44. The van der Waals surface area contributed by atoms with Crippen molar-refractivity contribution in [3.8, 4) is 5.82 Å². The van der Waals surface area contributed by atoms with Crippen molar-refractivity contribution in [1.29, 1.82) is 0 Å². The van der Waals surface area contributed by atoms with Gasteiger partial charge in [-0.15, -0.1) is 0 Å². The Labute approximate surface area is 171 Å². The lowest BCUT2D eigenvalue weighted by Crippen LogP contribution is -2.42. The second kappa shape index (κ2) is 7.01. The Bertz CT molecular complexity index is 1290. The van der Waals surface area contributed by atoms with Crippen LogP contribution in [0, 0.1) is 0 Å². The molecule has 154 valence electrons. The lowest BCUT2D eigenvalue weighted by molar-refractivity contribution is -0.143. The predicted molar refractivity (Wildman–Crippen MR) is 114 cm³/mol. The standard InChI is InChI=1S/C22H22N4O4/c1-22(24,21(29)30)18-14-7-2-4-8-16(14)25-19(18)26-11-12(10-15(23)20(27)28)13-6-3-5-9-17(13)26/h2-9,11,15,25H,10,23-24H2,1H3,(H,27,28)(H,29,30)/t15-,22?/m0/s1. The summed E-state index contributed by atoms with van der Waals surface area (Å²) in [6, 6.07) is 13.8. The van der Waals surface area contributed by atoms with E-state index in [4.69, 9.17) is 11.5 Å². The fourth-order valence-corrected chi connectivity index (χ4v) is 3.86. The second-order valence-electron chi connectivity index (χ2n) is 7.59. The predicted octanol–water partition coefficient (Wildman–Crippen LogP) is 2.32. The first-order valence-electron chi connectivity index (χ1n) is 9.43. The van der Waals surface area contributed by atoms with Crippen molar-refractivity contribution in [3.05, 3.63) is 65.9 Å². The number of nitrogens with two attached hydrogens (primary N) is 2. The number of carboxylic acids is 2. The molecule has 0 aliphatic heterocycles. The molecule has 0 aliphatic rings. The van der Waals surface area contributed by atoms with Gasteiger partial charge < -0.3 is 31.2 Å². The maximum absolute atomic E-state index is 12.0. The van der Waals surface area contributed by atoms with Crippen molar-refractivity contribution in [3.63, 3.8) is 0 Å². The second-order valence-corrected chi connectivity index (χ2v) is 7.59. The van der Waals surface area contributed by atoms with Crippen molar-refractivity contribution >= 4 is 33.7 Å². The number of nitrogens with zero attached hydrogens (tertiary/aromatic N) is 1. The zero-order chi connectivity index (χ0) is 21.6. The molecule has 4 aromatic rings. The summed E-state index contributed by atoms with van der Waals surface area (Å²) in [5, 5.41) is 20.6. The number of carboxylic acid groups (broad SMARTS) is 2. The zero-order valence-electron chi connectivity index (χ0n) is 16.3. The van der Waals surface area contributed by atoms with E-state index in [9.17, 15) is 19.8 Å². The minimum Gasteiger partial charge on any atom is -0.480 e. The van der Waals surface area contributed by atoms with Gasteiger partial charge in [-0.1, -0.05) is 36.4 Å². The Morgan fingerprint density at radius 2 is 1.73 bits per heavy atom. The Morgan fingerprint density at radius 1 is 1.10 bits per heavy atom. The van der Waals surface area contributed by atoms with Crippen LogP contribution >= 0.6 is 0 Å². The summed E-state index contributed by atoms with van der Waals surface area (Å²) in [7, 11) is 0. The minimum absolute atomic E-state index is 0.136. The summed E-state index contributed by atoms with van der Waals surface area (Å²) in [4.78, 5) is 26.6. The maximum atomic E-state index is 12.0. The molecular weight excluding hydrogens is 384 g/mol. The van der Waals surface area contributed by atoms with Crippen LogP contribution in [0.4, 0.5) is 0 Å². The van der Waals surface area contributed by atoms with Gasteiger partial charge in [0.1, 0.15) is 17.4 Å². The lowest BCUT2D eigenvalue weighted by Gasteiger charge is -2.21. The quantitative estimate of drug-likeness (QED) is 0.332. The van der Waals surface area contributed by atoms with Crippen molar-refractivity contribution < 1.29 is 19.8 Å². The van der Waals surface area contributed by atoms with E-state index in [2.05, 4.69) is 4.98 Å². The van der Waals surface area contributed by atoms with Gasteiger partial charge >= 0.3 is 11.9 Å². The van der Waals surface area contributed by atoms with Gasteiger partial charge in [-0.25, -0.2) is 4.79 Å². The van der Waals surface area contributed by atoms with Gasteiger partial charge in [0.15, 0.2) is 0 Å². The van der Waals surface area contributed by atoms with Gasteiger partial charge in [-0.3, -0.25) is 4.79 Å². The Kier molecular flexibility index (Phi) is 4.60. The number of carbonyl (C=O) groups is 2. The van der Waals surface area contributed by atoms with Gasteiger partial charge in [0.25, 0.3) is 0 Å². The number of benzene rings is 2. The normalized spacial score (nSPS) is 14.6.